The fraction of sp³-hybridized carbons (Fsp3) is 0.818. The smallest absolute Gasteiger partial charge is 0.310 e. The van der Waals surface area contributed by atoms with Crippen LogP contribution in [0.1, 0.15) is 33.1 Å². The second kappa shape index (κ2) is 5.73. The summed E-state index contributed by atoms with van der Waals surface area (Å²) in [6.45, 7) is 5.31. The summed E-state index contributed by atoms with van der Waals surface area (Å²) in [6, 6.07) is 0. The van der Waals surface area contributed by atoms with Crippen molar-refractivity contribution in [3.05, 3.63) is 0 Å². The van der Waals surface area contributed by atoms with E-state index in [0.717, 1.165) is 19.3 Å². The largest absolute Gasteiger partial charge is 0.465 e. The second-order valence-electron chi connectivity index (χ2n) is 3.97. The van der Waals surface area contributed by atoms with Crippen molar-refractivity contribution in [2.75, 3.05) is 19.7 Å². The number of carbonyl (C=O) groups is 2. The monoisotopic (exact) mass is 213 g/mol. The molecule has 1 aliphatic rings. The van der Waals surface area contributed by atoms with Gasteiger partial charge in [-0.05, 0) is 12.8 Å². The van der Waals surface area contributed by atoms with Crippen LogP contribution in [0.4, 0.5) is 0 Å². The molecular weight excluding hydrogens is 194 g/mol. The first kappa shape index (κ1) is 12.0. The molecule has 0 aromatic rings. The summed E-state index contributed by atoms with van der Waals surface area (Å²) in [5, 5.41) is 0. The van der Waals surface area contributed by atoms with E-state index in [9.17, 15) is 9.59 Å². The van der Waals surface area contributed by atoms with Gasteiger partial charge in [0.15, 0.2) is 0 Å². The second-order valence-corrected chi connectivity index (χ2v) is 3.97. The fourth-order valence-corrected chi connectivity index (χ4v) is 1.67. The van der Waals surface area contributed by atoms with E-state index in [0.29, 0.717) is 19.7 Å². The van der Waals surface area contributed by atoms with Gasteiger partial charge in [0.2, 0.25) is 5.91 Å². The third kappa shape index (κ3) is 3.53. The topological polar surface area (TPSA) is 46.6 Å². The van der Waals surface area contributed by atoms with Crippen molar-refractivity contribution < 1.29 is 14.3 Å². The fourth-order valence-electron chi connectivity index (χ4n) is 1.67. The van der Waals surface area contributed by atoms with Gasteiger partial charge < -0.3 is 9.64 Å². The Bertz CT molecular complexity index is 240. The molecule has 1 saturated heterocycles. The van der Waals surface area contributed by atoms with Crippen molar-refractivity contribution >= 4 is 11.9 Å². The zero-order chi connectivity index (χ0) is 11.3. The normalized spacial score (nSPS) is 20.4. The van der Waals surface area contributed by atoms with Gasteiger partial charge >= 0.3 is 5.97 Å². The standard InChI is InChI=1S/C11H19NO3/c1-3-4-7-15-11(14)10-5-6-12(8-10)9(2)13/h10H,3-8H2,1-2H3. The van der Waals surface area contributed by atoms with Crippen LogP contribution < -0.4 is 0 Å². The summed E-state index contributed by atoms with van der Waals surface area (Å²) in [7, 11) is 0. The summed E-state index contributed by atoms with van der Waals surface area (Å²) in [5.41, 5.74) is 0. The Balaban J connectivity index is 2.27. The molecule has 86 valence electrons. The highest BCUT2D eigenvalue weighted by atomic mass is 16.5. The minimum absolute atomic E-state index is 0.0406. The van der Waals surface area contributed by atoms with Gasteiger partial charge in [-0.3, -0.25) is 9.59 Å². The van der Waals surface area contributed by atoms with E-state index in [1.807, 2.05) is 0 Å². The van der Waals surface area contributed by atoms with Gasteiger partial charge in [-0.25, -0.2) is 0 Å². The Labute approximate surface area is 90.6 Å². The van der Waals surface area contributed by atoms with Gasteiger partial charge in [0.05, 0.1) is 12.5 Å². The van der Waals surface area contributed by atoms with Gasteiger partial charge in [0.25, 0.3) is 0 Å². The van der Waals surface area contributed by atoms with E-state index in [1.165, 1.54) is 6.92 Å². The van der Waals surface area contributed by atoms with Crippen molar-refractivity contribution in [3.63, 3.8) is 0 Å². The van der Waals surface area contributed by atoms with E-state index >= 15 is 0 Å². The highest BCUT2D eigenvalue weighted by Gasteiger charge is 2.30. The molecular formula is C11H19NO3. The maximum atomic E-state index is 11.5. The third-order valence-corrected chi connectivity index (χ3v) is 2.71. The van der Waals surface area contributed by atoms with Crippen LogP contribution in [0, 0.1) is 5.92 Å². The number of nitrogens with zero attached hydrogens (tertiary/aromatic N) is 1. The molecule has 1 unspecified atom stereocenters. The minimum atomic E-state index is -0.146. The molecule has 0 bridgehead atoms. The predicted octanol–water partition coefficient (Wildman–Crippen LogP) is 1.20. The average molecular weight is 213 g/mol. The van der Waals surface area contributed by atoms with Crippen LogP contribution in [-0.2, 0) is 14.3 Å². The molecule has 1 fully saturated rings. The van der Waals surface area contributed by atoms with Gasteiger partial charge in [0.1, 0.15) is 0 Å². The molecule has 0 aliphatic carbocycles. The molecule has 0 spiro atoms. The Morgan fingerprint density at radius 1 is 1.47 bits per heavy atom. The van der Waals surface area contributed by atoms with Crippen LogP contribution in [0.5, 0.6) is 0 Å². The number of esters is 1. The molecule has 1 heterocycles. The first-order valence-electron chi connectivity index (χ1n) is 5.57. The molecule has 4 heteroatoms. The van der Waals surface area contributed by atoms with Gasteiger partial charge in [-0.15, -0.1) is 0 Å². The number of ether oxygens (including phenoxy) is 1. The summed E-state index contributed by atoms with van der Waals surface area (Å²) >= 11 is 0. The van der Waals surface area contributed by atoms with E-state index < -0.39 is 0 Å². The van der Waals surface area contributed by atoms with Crippen LogP contribution in [0.25, 0.3) is 0 Å². The first-order valence-corrected chi connectivity index (χ1v) is 5.57. The Kier molecular flexibility index (Phi) is 4.59. The molecule has 1 atom stereocenters. The molecule has 15 heavy (non-hydrogen) atoms. The molecule has 0 N–H and O–H groups in total. The molecule has 0 aromatic carbocycles. The maximum Gasteiger partial charge on any atom is 0.310 e. The number of rotatable bonds is 4. The summed E-state index contributed by atoms with van der Waals surface area (Å²) in [6.07, 6.45) is 2.68. The number of hydrogen-bond acceptors (Lipinski definition) is 3. The number of hydrogen-bond donors (Lipinski definition) is 0. The Morgan fingerprint density at radius 2 is 2.20 bits per heavy atom. The van der Waals surface area contributed by atoms with E-state index in [1.54, 1.807) is 4.90 Å². The molecule has 1 aliphatic heterocycles. The third-order valence-electron chi connectivity index (χ3n) is 2.71. The maximum absolute atomic E-state index is 11.5. The highest BCUT2D eigenvalue weighted by Crippen LogP contribution is 2.17. The van der Waals surface area contributed by atoms with Crippen LogP contribution in [0.2, 0.25) is 0 Å². The zero-order valence-corrected chi connectivity index (χ0v) is 9.49. The minimum Gasteiger partial charge on any atom is -0.465 e. The molecule has 0 saturated carbocycles. The number of unbranched alkanes of at least 4 members (excludes halogenated alkanes) is 1. The summed E-state index contributed by atoms with van der Waals surface area (Å²) in [5.74, 6) is -0.211. The summed E-state index contributed by atoms with van der Waals surface area (Å²) in [4.78, 5) is 24.3. The van der Waals surface area contributed by atoms with Gasteiger partial charge in [0, 0.05) is 20.0 Å². The lowest BCUT2D eigenvalue weighted by Crippen LogP contribution is -2.28. The number of likely N-dealkylation sites (tertiary alicyclic amines) is 1. The highest BCUT2D eigenvalue weighted by molar-refractivity contribution is 5.77. The van der Waals surface area contributed by atoms with E-state index in [2.05, 4.69) is 6.92 Å². The molecule has 1 amide bonds. The zero-order valence-electron chi connectivity index (χ0n) is 9.49. The lowest BCUT2D eigenvalue weighted by Gasteiger charge is -2.13. The van der Waals surface area contributed by atoms with E-state index in [-0.39, 0.29) is 17.8 Å². The van der Waals surface area contributed by atoms with Crippen LogP contribution in [0.3, 0.4) is 0 Å². The Morgan fingerprint density at radius 3 is 2.73 bits per heavy atom. The van der Waals surface area contributed by atoms with Crippen LogP contribution in [-0.4, -0.2) is 36.5 Å². The van der Waals surface area contributed by atoms with Gasteiger partial charge in [-0.2, -0.15) is 0 Å². The lowest BCUT2D eigenvalue weighted by molar-refractivity contribution is -0.148. The lowest BCUT2D eigenvalue weighted by atomic mass is 10.1. The van der Waals surface area contributed by atoms with Crippen molar-refractivity contribution in [1.29, 1.82) is 0 Å². The van der Waals surface area contributed by atoms with Crippen LogP contribution >= 0.6 is 0 Å². The van der Waals surface area contributed by atoms with E-state index in [4.69, 9.17) is 4.74 Å². The van der Waals surface area contributed by atoms with Gasteiger partial charge in [-0.1, -0.05) is 13.3 Å². The predicted molar refractivity (Wildman–Crippen MR) is 56.2 cm³/mol. The van der Waals surface area contributed by atoms with Crippen LogP contribution in [0.15, 0.2) is 0 Å². The quantitative estimate of drug-likeness (QED) is 0.520. The molecule has 0 aromatic heterocycles. The van der Waals surface area contributed by atoms with Crippen molar-refractivity contribution in [1.82, 2.24) is 4.90 Å². The first-order chi connectivity index (χ1) is 7.15. The van der Waals surface area contributed by atoms with Crippen molar-refractivity contribution in [3.8, 4) is 0 Å². The van der Waals surface area contributed by atoms with Crippen molar-refractivity contribution in [2.24, 2.45) is 5.92 Å². The number of carbonyl (C=O) groups excluding carboxylic acids is 2. The number of amides is 1. The molecule has 4 nitrogen and oxygen atoms in total. The van der Waals surface area contributed by atoms with Crippen molar-refractivity contribution in [2.45, 2.75) is 33.1 Å². The molecule has 0 radical (unpaired) electrons. The SMILES string of the molecule is CCCCOC(=O)C1CCN(C(C)=O)C1. The summed E-state index contributed by atoms with van der Waals surface area (Å²) < 4.78 is 5.12. The Hall–Kier alpha value is -1.06. The average Bonchev–Trinajstić information content (AvgIpc) is 2.66. The molecule has 1 rings (SSSR count).